The van der Waals surface area contributed by atoms with Gasteiger partial charge in [0.05, 0.1) is 12.0 Å². The maximum absolute atomic E-state index is 12.6. The topological polar surface area (TPSA) is 84.5 Å². The number of hydrogen-bond donors (Lipinski definition) is 2. The van der Waals surface area contributed by atoms with E-state index >= 15 is 0 Å². The minimum absolute atomic E-state index is 0.0890. The molecule has 0 aliphatic rings. The molecule has 3 aromatic rings. The van der Waals surface area contributed by atoms with Gasteiger partial charge in [-0.1, -0.05) is 22.0 Å². The number of benzene rings is 3. The van der Waals surface area contributed by atoms with Crippen molar-refractivity contribution in [2.45, 2.75) is 11.3 Å². The minimum atomic E-state index is -3.74. The van der Waals surface area contributed by atoms with E-state index in [0.717, 1.165) is 10.0 Å². The zero-order valence-corrected chi connectivity index (χ0v) is 19.2. The molecule has 0 aliphatic carbocycles. The van der Waals surface area contributed by atoms with Gasteiger partial charge in [-0.25, -0.2) is 8.42 Å². The third-order valence-electron chi connectivity index (χ3n) is 4.43. The van der Waals surface area contributed by atoms with Crippen LogP contribution in [0.4, 0.5) is 11.4 Å². The number of carbonyl (C=O) groups excluding carboxylic acids is 1. The maximum atomic E-state index is 12.6. The standard InChI is InChI=1S/C23H21BrN2O4S/c1-3-4-16-15-17(5-14-22(16)30-2)23(27)25-19-10-12-21(13-11-19)31(28,29)26-20-8-6-18(24)7-9-20/h3,5-15,26H,1,4H2,2H3,(H,25,27). The van der Waals surface area contributed by atoms with Crippen molar-refractivity contribution in [1.29, 1.82) is 0 Å². The van der Waals surface area contributed by atoms with Gasteiger partial charge in [-0.2, -0.15) is 0 Å². The average Bonchev–Trinajstić information content (AvgIpc) is 2.76. The van der Waals surface area contributed by atoms with Gasteiger partial charge < -0.3 is 10.1 Å². The number of rotatable bonds is 8. The molecule has 0 aromatic heterocycles. The van der Waals surface area contributed by atoms with Crippen molar-refractivity contribution in [3.8, 4) is 5.75 Å². The fourth-order valence-corrected chi connectivity index (χ4v) is 4.21. The number of sulfonamides is 1. The third kappa shape index (κ3) is 5.74. The highest BCUT2D eigenvalue weighted by Crippen LogP contribution is 2.23. The molecular weight excluding hydrogens is 480 g/mol. The second-order valence-electron chi connectivity index (χ2n) is 6.61. The van der Waals surface area contributed by atoms with Crippen LogP contribution in [0, 0.1) is 0 Å². The first-order valence-electron chi connectivity index (χ1n) is 9.30. The fraction of sp³-hybridized carbons (Fsp3) is 0.0870. The van der Waals surface area contributed by atoms with Crippen LogP contribution in [-0.2, 0) is 16.4 Å². The van der Waals surface area contributed by atoms with Crippen LogP contribution in [0.5, 0.6) is 5.75 Å². The maximum Gasteiger partial charge on any atom is 0.261 e. The van der Waals surface area contributed by atoms with Crippen LogP contribution >= 0.6 is 15.9 Å². The number of ether oxygens (including phenoxy) is 1. The largest absolute Gasteiger partial charge is 0.496 e. The second-order valence-corrected chi connectivity index (χ2v) is 9.21. The van der Waals surface area contributed by atoms with Crippen molar-refractivity contribution in [2.75, 3.05) is 17.1 Å². The molecule has 0 radical (unpaired) electrons. The van der Waals surface area contributed by atoms with Gasteiger partial charge in [0.1, 0.15) is 5.75 Å². The quantitative estimate of drug-likeness (QED) is 0.414. The van der Waals surface area contributed by atoms with E-state index in [2.05, 4.69) is 32.5 Å². The van der Waals surface area contributed by atoms with Gasteiger partial charge in [0.25, 0.3) is 15.9 Å². The van der Waals surface area contributed by atoms with Crippen LogP contribution in [0.3, 0.4) is 0 Å². The summed E-state index contributed by atoms with van der Waals surface area (Å²) in [6.07, 6.45) is 2.31. The number of nitrogens with one attached hydrogen (secondary N) is 2. The lowest BCUT2D eigenvalue weighted by atomic mass is 10.1. The van der Waals surface area contributed by atoms with Crippen molar-refractivity contribution in [2.24, 2.45) is 0 Å². The molecule has 0 atom stereocenters. The zero-order valence-electron chi connectivity index (χ0n) is 16.8. The van der Waals surface area contributed by atoms with Crippen molar-refractivity contribution >= 4 is 43.2 Å². The summed E-state index contributed by atoms with van der Waals surface area (Å²) in [5.41, 5.74) is 2.25. The van der Waals surface area contributed by atoms with Gasteiger partial charge in [0.2, 0.25) is 0 Å². The molecule has 0 unspecified atom stereocenters. The number of methoxy groups -OCH3 is 1. The number of halogens is 1. The van der Waals surface area contributed by atoms with Crippen LogP contribution in [0.2, 0.25) is 0 Å². The highest BCUT2D eigenvalue weighted by atomic mass is 79.9. The average molecular weight is 501 g/mol. The zero-order chi connectivity index (χ0) is 22.4. The van der Waals surface area contributed by atoms with E-state index in [1.807, 2.05) is 0 Å². The molecule has 1 amide bonds. The van der Waals surface area contributed by atoms with E-state index in [9.17, 15) is 13.2 Å². The van der Waals surface area contributed by atoms with Gasteiger partial charge in [-0.15, -0.1) is 6.58 Å². The predicted octanol–water partition coefficient (Wildman–Crippen LogP) is 5.24. The molecule has 31 heavy (non-hydrogen) atoms. The van der Waals surface area contributed by atoms with Crippen molar-refractivity contribution in [3.05, 3.63) is 95.0 Å². The van der Waals surface area contributed by atoms with Crippen LogP contribution in [-0.4, -0.2) is 21.4 Å². The van der Waals surface area contributed by atoms with E-state index in [0.29, 0.717) is 29.1 Å². The Morgan fingerprint density at radius 2 is 1.68 bits per heavy atom. The molecule has 0 saturated heterocycles. The number of carbonyl (C=O) groups is 1. The van der Waals surface area contributed by atoms with Crippen LogP contribution in [0.15, 0.2) is 88.8 Å². The molecule has 0 saturated carbocycles. The highest BCUT2D eigenvalue weighted by Gasteiger charge is 2.15. The van der Waals surface area contributed by atoms with Gasteiger partial charge >= 0.3 is 0 Å². The summed E-state index contributed by atoms with van der Waals surface area (Å²) in [5.74, 6) is 0.376. The number of anilines is 2. The molecule has 0 aliphatic heterocycles. The smallest absolute Gasteiger partial charge is 0.261 e. The highest BCUT2D eigenvalue weighted by molar-refractivity contribution is 9.10. The predicted molar refractivity (Wildman–Crippen MR) is 126 cm³/mol. The molecule has 0 bridgehead atoms. The Labute approximate surface area is 190 Å². The second kappa shape index (κ2) is 9.80. The SMILES string of the molecule is C=CCc1cc(C(=O)Nc2ccc(S(=O)(=O)Nc3ccc(Br)cc3)cc2)ccc1OC. The molecule has 0 heterocycles. The number of amides is 1. The normalized spacial score (nSPS) is 10.9. The van der Waals surface area contributed by atoms with Crippen molar-refractivity contribution in [1.82, 2.24) is 0 Å². The summed E-state index contributed by atoms with van der Waals surface area (Å²) in [5, 5.41) is 2.77. The van der Waals surface area contributed by atoms with Crippen LogP contribution < -0.4 is 14.8 Å². The van der Waals surface area contributed by atoms with Crippen LogP contribution in [0.25, 0.3) is 0 Å². The molecule has 0 fully saturated rings. The summed E-state index contributed by atoms with van der Waals surface area (Å²) < 4.78 is 33.8. The summed E-state index contributed by atoms with van der Waals surface area (Å²) in [4.78, 5) is 12.7. The van der Waals surface area contributed by atoms with Gasteiger partial charge in [0.15, 0.2) is 0 Å². The molecule has 0 spiro atoms. The molecule has 3 aromatic carbocycles. The van der Waals surface area contributed by atoms with E-state index in [-0.39, 0.29) is 10.8 Å². The molecule has 2 N–H and O–H groups in total. The molecule has 8 heteroatoms. The third-order valence-corrected chi connectivity index (χ3v) is 6.35. The summed E-state index contributed by atoms with van der Waals surface area (Å²) in [6, 6.07) is 17.9. The van der Waals surface area contributed by atoms with Gasteiger partial charge in [-0.3, -0.25) is 9.52 Å². The Hall–Kier alpha value is -3.10. The van der Waals surface area contributed by atoms with Crippen molar-refractivity contribution in [3.63, 3.8) is 0 Å². The Morgan fingerprint density at radius 3 is 2.29 bits per heavy atom. The number of hydrogen-bond acceptors (Lipinski definition) is 4. The lowest BCUT2D eigenvalue weighted by Crippen LogP contribution is -2.14. The Balaban J connectivity index is 1.72. The van der Waals surface area contributed by atoms with Gasteiger partial charge in [-0.05, 0) is 78.7 Å². The van der Waals surface area contributed by atoms with Gasteiger partial charge in [0, 0.05) is 21.4 Å². The van der Waals surface area contributed by atoms with Crippen LogP contribution in [0.1, 0.15) is 15.9 Å². The van der Waals surface area contributed by atoms with E-state index in [4.69, 9.17) is 4.74 Å². The Morgan fingerprint density at radius 1 is 1.03 bits per heavy atom. The summed E-state index contributed by atoms with van der Waals surface area (Å²) in [7, 11) is -2.17. The minimum Gasteiger partial charge on any atom is -0.496 e. The Kier molecular flexibility index (Phi) is 7.14. The van der Waals surface area contributed by atoms with E-state index in [1.165, 1.54) is 12.1 Å². The summed E-state index contributed by atoms with van der Waals surface area (Å²) >= 11 is 3.31. The van der Waals surface area contributed by atoms with E-state index in [1.54, 1.807) is 67.8 Å². The monoisotopic (exact) mass is 500 g/mol. The Bertz CT molecular complexity index is 1190. The first-order chi connectivity index (χ1) is 14.8. The number of allylic oxidation sites excluding steroid dienone is 1. The fourth-order valence-electron chi connectivity index (χ4n) is 2.89. The molecule has 6 nitrogen and oxygen atoms in total. The molecular formula is C23H21BrN2O4S. The lowest BCUT2D eigenvalue weighted by molar-refractivity contribution is 0.102. The first-order valence-corrected chi connectivity index (χ1v) is 11.6. The lowest BCUT2D eigenvalue weighted by Gasteiger charge is -2.11. The molecule has 160 valence electrons. The van der Waals surface area contributed by atoms with E-state index < -0.39 is 10.0 Å². The summed E-state index contributed by atoms with van der Waals surface area (Å²) in [6.45, 7) is 3.72. The first kappa shape index (κ1) is 22.6. The van der Waals surface area contributed by atoms with Crippen molar-refractivity contribution < 1.29 is 17.9 Å². The molecule has 3 rings (SSSR count).